The highest BCUT2D eigenvalue weighted by Crippen LogP contribution is 2.25. The number of carbonyl (C=O) groups is 1. The Labute approximate surface area is 141 Å². The van der Waals surface area contributed by atoms with Crippen LogP contribution < -0.4 is 10.5 Å². The van der Waals surface area contributed by atoms with Crippen LogP contribution in [-0.2, 0) is 14.8 Å². The number of nitrogens with two attached hydrogens (primary N) is 1. The number of carbonyl (C=O) groups excluding carboxylic acids is 1. The molecule has 7 nitrogen and oxygen atoms in total. The Hall–Kier alpha value is -2.19. The van der Waals surface area contributed by atoms with Crippen molar-refractivity contribution in [2.24, 2.45) is 11.1 Å². The molecule has 1 amide bonds. The molecule has 1 heterocycles. The molecule has 2 aromatic rings. The number of rotatable bonds is 5. The van der Waals surface area contributed by atoms with Crippen LogP contribution in [0.5, 0.6) is 0 Å². The van der Waals surface area contributed by atoms with Crippen molar-refractivity contribution >= 4 is 26.9 Å². The molecule has 24 heavy (non-hydrogen) atoms. The molecule has 1 unspecified atom stereocenters. The Morgan fingerprint density at radius 2 is 2.04 bits per heavy atom. The average Bonchev–Trinajstić information content (AvgIpc) is 2.49. The third-order valence-corrected chi connectivity index (χ3v) is 5.20. The zero-order chi connectivity index (χ0) is 18.0. The number of benzene rings is 1. The molecule has 0 saturated heterocycles. The summed E-state index contributed by atoms with van der Waals surface area (Å²) in [5.41, 5.74) is 4.51. The predicted molar refractivity (Wildman–Crippen MR) is 90.8 cm³/mol. The fourth-order valence-electron chi connectivity index (χ4n) is 2.20. The van der Waals surface area contributed by atoms with Crippen molar-refractivity contribution in [2.75, 3.05) is 6.61 Å². The molecule has 0 aliphatic heterocycles. The minimum Gasteiger partial charge on any atom is -0.448 e. The van der Waals surface area contributed by atoms with Crippen LogP contribution >= 0.6 is 0 Å². The largest absolute Gasteiger partial charge is 0.448 e. The van der Waals surface area contributed by atoms with E-state index in [2.05, 4.69) is 9.71 Å². The van der Waals surface area contributed by atoms with Crippen LogP contribution in [0.2, 0.25) is 0 Å². The van der Waals surface area contributed by atoms with Gasteiger partial charge in [-0.1, -0.05) is 32.9 Å². The fourth-order valence-corrected chi connectivity index (χ4v) is 3.86. The number of fused-ring (bicyclic) bond motifs is 1. The first-order valence-electron chi connectivity index (χ1n) is 7.38. The minimum atomic E-state index is -3.83. The molecule has 130 valence electrons. The Balaban J connectivity index is 2.39. The zero-order valence-corrected chi connectivity index (χ0v) is 14.6. The number of hydrogen-bond acceptors (Lipinski definition) is 5. The van der Waals surface area contributed by atoms with Gasteiger partial charge >= 0.3 is 6.09 Å². The van der Waals surface area contributed by atoms with E-state index >= 15 is 0 Å². The van der Waals surface area contributed by atoms with E-state index in [0.717, 1.165) is 5.39 Å². The molecular weight excluding hydrogens is 330 g/mol. The van der Waals surface area contributed by atoms with Crippen LogP contribution in [0.25, 0.3) is 10.8 Å². The minimum absolute atomic E-state index is 0.148. The maximum absolute atomic E-state index is 12.8. The maximum atomic E-state index is 12.8. The van der Waals surface area contributed by atoms with Gasteiger partial charge in [-0.3, -0.25) is 4.98 Å². The molecule has 0 aliphatic carbocycles. The molecule has 0 bridgehead atoms. The zero-order valence-electron chi connectivity index (χ0n) is 13.8. The quantitative estimate of drug-likeness (QED) is 0.856. The summed E-state index contributed by atoms with van der Waals surface area (Å²) >= 11 is 0. The SMILES string of the molecule is CC(C)(C)C(COC(N)=O)NS(=O)(=O)c1cccc2cnccc12. The molecule has 0 radical (unpaired) electrons. The molecular formula is C16H21N3O4S. The second-order valence-corrected chi connectivity index (χ2v) is 8.21. The number of sulfonamides is 1. The smallest absolute Gasteiger partial charge is 0.404 e. The molecule has 0 spiro atoms. The van der Waals surface area contributed by atoms with Gasteiger partial charge in [0.15, 0.2) is 0 Å². The highest BCUT2D eigenvalue weighted by atomic mass is 32.2. The van der Waals surface area contributed by atoms with Gasteiger partial charge in [-0.15, -0.1) is 0 Å². The number of primary amides is 1. The summed E-state index contributed by atoms with van der Waals surface area (Å²) in [4.78, 5) is 15.0. The van der Waals surface area contributed by atoms with Gasteiger partial charge in [-0.2, -0.15) is 0 Å². The highest BCUT2D eigenvalue weighted by Gasteiger charge is 2.31. The maximum Gasteiger partial charge on any atom is 0.404 e. The van der Waals surface area contributed by atoms with Gasteiger partial charge in [0.25, 0.3) is 0 Å². The summed E-state index contributed by atoms with van der Waals surface area (Å²) in [6.07, 6.45) is 2.20. The van der Waals surface area contributed by atoms with Gasteiger partial charge in [0.1, 0.15) is 6.61 Å². The molecule has 3 N–H and O–H groups in total. The fraction of sp³-hybridized carbons (Fsp3) is 0.375. The van der Waals surface area contributed by atoms with Gasteiger partial charge in [-0.25, -0.2) is 17.9 Å². The third kappa shape index (κ3) is 4.21. The normalized spacial score (nSPS) is 13.6. The average molecular weight is 351 g/mol. The van der Waals surface area contributed by atoms with Crippen LogP contribution in [0, 0.1) is 5.41 Å². The topological polar surface area (TPSA) is 111 Å². The van der Waals surface area contributed by atoms with E-state index in [-0.39, 0.29) is 11.5 Å². The number of nitrogens with zero attached hydrogens (tertiary/aromatic N) is 1. The first-order chi connectivity index (χ1) is 11.1. The van der Waals surface area contributed by atoms with Crippen molar-refractivity contribution in [1.82, 2.24) is 9.71 Å². The van der Waals surface area contributed by atoms with E-state index in [1.807, 2.05) is 20.8 Å². The second kappa shape index (κ2) is 6.74. The van der Waals surface area contributed by atoms with E-state index in [1.54, 1.807) is 30.6 Å². The number of nitrogens with one attached hydrogen (secondary N) is 1. The van der Waals surface area contributed by atoms with Gasteiger partial charge in [-0.05, 0) is 17.5 Å². The number of aromatic nitrogens is 1. The lowest BCUT2D eigenvalue weighted by molar-refractivity contribution is 0.122. The summed E-state index contributed by atoms with van der Waals surface area (Å²) in [6, 6.07) is 5.99. The molecule has 0 saturated carbocycles. The van der Waals surface area contributed by atoms with Crippen molar-refractivity contribution in [2.45, 2.75) is 31.7 Å². The van der Waals surface area contributed by atoms with Gasteiger partial charge in [0.2, 0.25) is 10.0 Å². The summed E-state index contributed by atoms with van der Waals surface area (Å²) < 4.78 is 33.1. The molecule has 1 atom stereocenters. The van der Waals surface area contributed by atoms with Gasteiger partial charge in [0, 0.05) is 23.2 Å². The summed E-state index contributed by atoms with van der Waals surface area (Å²) in [6.45, 7) is 5.39. The van der Waals surface area contributed by atoms with Crippen LogP contribution in [0.15, 0.2) is 41.6 Å². The molecule has 1 aromatic carbocycles. The lowest BCUT2D eigenvalue weighted by Gasteiger charge is -2.30. The number of hydrogen-bond donors (Lipinski definition) is 2. The van der Waals surface area contributed by atoms with Crippen molar-refractivity contribution < 1.29 is 17.9 Å². The Kier molecular flexibility index (Phi) is 5.10. The van der Waals surface area contributed by atoms with Crippen molar-refractivity contribution in [1.29, 1.82) is 0 Å². The summed E-state index contributed by atoms with van der Waals surface area (Å²) in [5, 5.41) is 1.30. The predicted octanol–water partition coefficient (Wildman–Crippen LogP) is 2.02. The van der Waals surface area contributed by atoms with Gasteiger partial charge in [0.05, 0.1) is 10.9 Å². The summed E-state index contributed by atoms with van der Waals surface area (Å²) in [5.74, 6) is 0. The summed E-state index contributed by atoms with van der Waals surface area (Å²) in [7, 11) is -3.83. The van der Waals surface area contributed by atoms with E-state index in [9.17, 15) is 13.2 Å². The molecule has 8 heteroatoms. The third-order valence-electron chi connectivity index (χ3n) is 3.67. The lowest BCUT2D eigenvalue weighted by atomic mass is 9.88. The highest BCUT2D eigenvalue weighted by molar-refractivity contribution is 7.89. The molecule has 2 rings (SSSR count). The molecule has 0 fully saturated rings. The lowest BCUT2D eigenvalue weighted by Crippen LogP contribution is -2.47. The Morgan fingerprint density at radius 3 is 2.67 bits per heavy atom. The van der Waals surface area contributed by atoms with Crippen molar-refractivity contribution in [3.05, 3.63) is 36.7 Å². The monoisotopic (exact) mass is 351 g/mol. The molecule has 0 aliphatic rings. The standard InChI is InChI=1S/C16H21N3O4S/c1-16(2,3)14(10-23-15(17)20)19-24(21,22)13-6-4-5-11-9-18-8-7-12(11)13/h4-9,14,19H,10H2,1-3H3,(H2,17,20). The number of pyridine rings is 1. The first kappa shape index (κ1) is 18.2. The van der Waals surface area contributed by atoms with Crippen LogP contribution in [0.1, 0.15) is 20.8 Å². The van der Waals surface area contributed by atoms with E-state index < -0.39 is 27.6 Å². The van der Waals surface area contributed by atoms with Crippen molar-refractivity contribution in [3.63, 3.8) is 0 Å². The molecule has 1 aromatic heterocycles. The van der Waals surface area contributed by atoms with Crippen LogP contribution in [-0.4, -0.2) is 32.1 Å². The van der Waals surface area contributed by atoms with E-state index in [0.29, 0.717) is 5.39 Å². The van der Waals surface area contributed by atoms with E-state index in [1.165, 1.54) is 6.07 Å². The Morgan fingerprint density at radius 1 is 1.33 bits per heavy atom. The Bertz CT molecular complexity index is 839. The number of ether oxygens (including phenoxy) is 1. The van der Waals surface area contributed by atoms with Crippen LogP contribution in [0.4, 0.5) is 4.79 Å². The van der Waals surface area contributed by atoms with Gasteiger partial charge < -0.3 is 10.5 Å². The van der Waals surface area contributed by atoms with E-state index in [4.69, 9.17) is 10.5 Å². The second-order valence-electron chi connectivity index (χ2n) is 6.52. The number of amides is 1. The first-order valence-corrected chi connectivity index (χ1v) is 8.87. The van der Waals surface area contributed by atoms with Crippen molar-refractivity contribution in [3.8, 4) is 0 Å². The van der Waals surface area contributed by atoms with Crippen LogP contribution in [0.3, 0.4) is 0 Å².